The molecule has 2 N–H and O–H groups in total. The van der Waals surface area contributed by atoms with E-state index in [1.165, 1.54) is 0 Å². The minimum Gasteiger partial charge on any atom is -0.370 e. The molecule has 1 saturated heterocycles. The molecule has 2 heterocycles. The van der Waals surface area contributed by atoms with Gasteiger partial charge in [-0.05, 0) is 31.4 Å². The van der Waals surface area contributed by atoms with Crippen molar-refractivity contribution in [3.63, 3.8) is 0 Å². The molecule has 6 heteroatoms. The smallest absolute Gasteiger partial charge is 0.234 e. The second kappa shape index (κ2) is 6.97. The van der Waals surface area contributed by atoms with Gasteiger partial charge in [0.25, 0.3) is 0 Å². The average Bonchev–Trinajstić information content (AvgIpc) is 2.44. The summed E-state index contributed by atoms with van der Waals surface area (Å²) in [6.07, 6.45) is 3.87. The highest BCUT2D eigenvalue weighted by Crippen LogP contribution is 2.24. The average molecular weight is 289 g/mol. The minimum atomic E-state index is -0.304. The van der Waals surface area contributed by atoms with Gasteiger partial charge >= 0.3 is 0 Å². The van der Waals surface area contributed by atoms with Crippen molar-refractivity contribution in [3.8, 4) is 0 Å². The third-order valence-corrected chi connectivity index (χ3v) is 3.44. The summed E-state index contributed by atoms with van der Waals surface area (Å²) in [5.74, 6) is 0.123. The quantitative estimate of drug-likeness (QED) is 0.610. The molecule has 1 fully saturated rings. The monoisotopic (exact) mass is 289 g/mol. The van der Waals surface area contributed by atoms with Gasteiger partial charge in [0.1, 0.15) is 11.6 Å². The number of anilines is 1. The Morgan fingerprint density at radius 2 is 2.24 bits per heavy atom. The first-order chi connectivity index (χ1) is 10.1. The van der Waals surface area contributed by atoms with Gasteiger partial charge < -0.3 is 10.1 Å². The zero-order chi connectivity index (χ0) is 15.2. The first-order valence-corrected chi connectivity index (χ1v) is 7.09. The molecule has 0 spiro atoms. The van der Waals surface area contributed by atoms with Crippen LogP contribution in [-0.2, 0) is 14.4 Å². The summed E-state index contributed by atoms with van der Waals surface area (Å²) in [6, 6.07) is 3.66. The Kier molecular flexibility index (Phi) is 5.03. The van der Waals surface area contributed by atoms with Gasteiger partial charge in [0.2, 0.25) is 11.8 Å². The Labute approximate surface area is 123 Å². The van der Waals surface area contributed by atoms with Gasteiger partial charge in [0.15, 0.2) is 0 Å². The first-order valence-electron chi connectivity index (χ1n) is 7.09. The number of carbonyl (C=O) groups excluding carboxylic acids is 3. The standard InChI is InChI=1S/C15H19N3O3/c1-10(19)3-2-8-16-13-6-4-11(9-17-13)12-5-7-14(20)18-15(12)21/h4,6,9,12H,2-3,5,7-8H2,1H3,(H,16,17)(H,18,20,21). The van der Waals surface area contributed by atoms with Gasteiger partial charge in [-0.1, -0.05) is 6.07 Å². The van der Waals surface area contributed by atoms with Gasteiger partial charge in [-0.15, -0.1) is 0 Å². The maximum absolute atomic E-state index is 11.8. The maximum atomic E-state index is 11.8. The van der Waals surface area contributed by atoms with Crippen molar-refractivity contribution in [2.24, 2.45) is 0 Å². The topological polar surface area (TPSA) is 88.2 Å². The number of nitrogens with one attached hydrogen (secondary N) is 2. The number of carbonyl (C=O) groups is 3. The number of aromatic nitrogens is 1. The summed E-state index contributed by atoms with van der Waals surface area (Å²) in [5.41, 5.74) is 0.814. The van der Waals surface area contributed by atoms with Crippen molar-refractivity contribution >= 4 is 23.4 Å². The van der Waals surface area contributed by atoms with Crippen molar-refractivity contribution < 1.29 is 14.4 Å². The number of amides is 2. The lowest BCUT2D eigenvalue weighted by Gasteiger charge is -2.20. The van der Waals surface area contributed by atoms with Gasteiger partial charge in [0, 0.05) is 25.6 Å². The molecule has 6 nitrogen and oxygen atoms in total. The number of imide groups is 1. The van der Waals surface area contributed by atoms with Crippen LogP contribution in [0, 0.1) is 0 Å². The predicted octanol–water partition coefficient (Wildman–Crippen LogP) is 1.38. The molecule has 0 radical (unpaired) electrons. The predicted molar refractivity (Wildman–Crippen MR) is 77.8 cm³/mol. The molecule has 1 atom stereocenters. The van der Waals surface area contributed by atoms with Crippen LogP contribution in [0.2, 0.25) is 0 Å². The molecule has 1 aliphatic rings. The lowest BCUT2D eigenvalue weighted by atomic mass is 9.92. The molecule has 1 aliphatic heterocycles. The van der Waals surface area contributed by atoms with Crippen LogP contribution in [-0.4, -0.2) is 29.1 Å². The second-order valence-corrected chi connectivity index (χ2v) is 5.21. The van der Waals surface area contributed by atoms with Gasteiger partial charge in [0.05, 0.1) is 5.92 Å². The molecule has 0 bridgehead atoms. The molecule has 0 aromatic carbocycles. The van der Waals surface area contributed by atoms with Gasteiger partial charge in [-0.3, -0.25) is 14.9 Å². The summed E-state index contributed by atoms with van der Waals surface area (Å²) >= 11 is 0. The number of Topliss-reactive ketones (excluding diaryl/α,β-unsaturated/α-hetero) is 1. The van der Waals surface area contributed by atoms with E-state index in [0.29, 0.717) is 25.8 Å². The lowest BCUT2D eigenvalue weighted by Crippen LogP contribution is -2.39. The fourth-order valence-electron chi connectivity index (χ4n) is 2.28. The molecular formula is C15H19N3O3. The highest BCUT2D eigenvalue weighted by Gasteiger charge is 2.27. The van der Waals surface area contributed by atoms with Crippen LogP contribution in [0.25, 0.3) is 0 Å². The molecule has 0 saturated carbocycles. The van der Waals surface area contributed by atoms with Crippen LogP contribution >= 0.6 is 0 Å². The number of rotatable bonds is 6. The number of pyridine rings is 1. The molecule has 1 aromatic heterocycles. The van der Waals surface area contributed by atoms with E-state index in [-0.39, 0.29) is 23.5 Å². The number of hydrogen-bond donors (Lipinski definition) is 2. The molecule has 112 valence electrons. The Morgan fingerprint density at radius 1 is 1.43 bits per heavy atom. The van der Waals surface area contributed by atoms with Crippen molar-refractivity contribution in [3.05, 3.63) is 23.9 Å². The highest BCUT2D eigenvalue weighted by atomic mass is 16.2. The van der Waals surface area contributed by atoms with Gasteiger partial charge in [-0.25, -0.2) is 4.98 Å². The number of nitrogens with zero attached hydrogens (tertiary/aromatic N) is 1. The maximum Gasteiger partial charge on any atom is 0.234 e. The van der Waals surface area contributed by atoms with E-state index in [1.54, 1.807) is 13.1 Å². The van der Waals surface area contributed by atoms with Crippen molar-refractivity contribution in [2.75, 3.05) is 11.9 Å². The fraction of sp³-hybridized carbons (Fsp3) is 0.467. The molecule has 21 heavy (non-hydrogen) atoms. The molecule has 2 amide bonds. The Hall–Kier alpha value is -2.24. The van der Waals surface area contributed by atoms with Crippen LogP contribution in [0.3, 0.4) is 0 Å². The van der Waals surface area contributed by atoms with E-state index in [0.717, 1.165) is 17.8 Å². The number of ketones is 1. The number of hydrogen-bond acceptors (Lipinski definition) is 5. The van der Waals surface area contributed by atoms with E-state index in [1.807, 2.05) is 12.1 Å². The van der Waals surface area contributed by atoms with Gasteiger partial charge in [-0.2, -0.15) is 0 Å². The van der Waals surface area contributed by atoms with E-state index in [2.05, 4.69) is 15.6 Å². The minimum absolute atomic E-state index is 0.179. The Morgan fingerprint density at radius 3 is 2.86 bits per heavy atom. The normalized spacial score (nSPS) is 18.2. The van der Waals surface area contributed by atoms with Crippen LogP contribution in [0.15, 0.2) is 18.3 Å². The van der Waals surface area contributed by atoms with Crippen LogP contribution in [0.4, 0.5) is 5.82 Å². The SMILES string of the molecule is CC(=O)CCCNc1ccc(C2CCC(=O)NC2=O)cn1. The molecule has 1 aromatic rings. The lowest BCUT2D eigenvalue weighted by molar-refractivity contribution is -0.134. The first kappa shape index (κ1) is 15.2. The third-order valence-electron chi connectivity index (χ3n) is 3.44. The van der Waals surface area contributed by atoms with E-state index < -0.39 is 0 Å². The summed E-state index contributed by atoms with van der Waals surface area (Å²) in [4.78, 5) is 38.0. The Balaban J connectivity index is 1.88. The second-order valence-electron chi connectivity index (χ2n) is 5.21. The Bertz CT molecular complexity index is 540. The molecule has 2 rings (SSSR count). The van der Waals surface area contributed by atoms with E-state index in [9.17, 15) is 14.4 Å². The van der Waals surface area contributed by atoms with Crippen molar-refractivity contribution in [1.82, 2.24) is 10.3 Å². The number of piperidine rings is 1. The zero-order valence-electron chi connectivity index (χ0n) is 12.0. The highest BCUT2D eigenvalue weighted by molar-refractivity contribution is 6.00. The summed E-state index contributed by atoms with van der Waals surface area (Å²) in [5, 5.41) is 5.47. The molecule has 0 aliphatic carbocycles. The fourth-order valence-corrected chi connectivity index (χ4v) is 2.28. The van der Waals surface area contributed by atoms with Crippen LogP contribution in [0.1, 0.15) is 44.1 Å². The molecular weight excluding hydrogens is 270 g/mol. The van der Waals surface area contributed by atoms with Crippen LogP contribution in [0.5, 0.6) is 0 Å². The summed E-state index contributed by atoms with van der Waals surface area (Å²) in [6.45, 7) is 2.26. The zero-order valence-corrected chi connectivity index (χ0v) is 12.0. The summed E-state index contributed by atoms with van der Waals surface area (Å²) in [7, 11) is 0. The third kappa shape index (κ3) is 4.37. The van der Waals surface area contributed by atoms with E-state index >= 15 is 0 Å². The van der Waals surface area contributed by atoms with Crippen molar-refractivity contribution in [2.45, 2.75) is 38.5 Å². The molecule has 1 unspecified atom stereocenters. The van der Waals surface area contributed by atoms with Crippen LogP contribution < -0.4 is 10.6 Å². The summed E-state index contributed by atoms with van der Waals surface area (Å²) < 4.78 is 0. The largest absolute Gasteiger partial charge is 0.370 e. The van der Waals surface area contributed by atoms with Crippen molar-refractivity contribution in [1.29, 1.82) is 0 Å². The van der Waals surface area contributed by atoms with E-state index in [4.69, 9.17) is 0 Å².